The Morgan fingerprint density at radius 3 is 2.26 bits per heavy atom. The largest absolute Gasteiger partial charge is 0.497 e. The van der Waals surface area contributed by atoms with E-state index in [0.29, 0.717) is 35.1 Å². The minimum Gasteiger partial charge on any atom is -0.497 e. The van der Waals surface area contributed by atoms with Crippen molar-refractivity contribution in [1.29, 1.82) is 0 Å². The second-order valence-electron chi connectivity index (χ2n) is 7.34. The van der Waals surface area contributed by atoms with E-state index < -0.39 is 0 Å². The second kappa shape index (κ2) is 12.8. The molecule has 0 spiro atoms. The van der Waals surface area contributed by atoms with E-state index >= 15 is 0 Å². The summed E-state index contributed by atoms with van der Waals surface area (Å²) in [6, 6.07) is 14.6. The van der Waals surface area contributed by atoms with E-state index in [4.69, 9.17) is 4.74 Å². The molecule has 8 nitrogen and oxygen atoms in total. The van der Waals surface area contributed by atoms with Crippen molar-refractivity contribution >= 4 is 57.3 Å². The Hall–Kier alpha value is -3.37. The van der Waals surface area contributed by atoms with Crippen molar-refractivity contribution in [2.24, 2.45) is 0 Å². The number of thiazole rings is 1. The van der Waals surface area contributed by atoms with Crippen LogP contribution in [0.4, 0.5) is 16.5 Å². The highest BCUT2D eigenvalue weighted by atomic mass is 32.2. The number of carbonyl (C=O) groups is 3. The Kier molecular flexibility index (Phi) is 9.48. The second-order valence-corrected chi connectivity index (χ2v) is 9.18. The third-order valence-electron chi connectivity index (χ3n) is 4.57. The smallest absolute Gasteiger partial charge is 0.234 e. The molecule has 2 aromatic carbocycles. The Labute approximate surface area is 206 Å². The molecule has 3 rings (SSSR count). The number of nitrogens with one attached hydrogen (secondary N) is 3. The number of amides is 3. The number of anilines is 3. The fourth-order valence-electron chi connectivity index (χ4n) is 2.95. The summed E-state index contributed by atoms with van der Waals surface area (Å²) in [5, 5.41) is 10.8. The third kappa shape index (κ3) is 8.53. The van der Waals surface area contributed by atoms with Crippen LogP contribution in [0.25, 0.3) is 0 Å². The number of methoxy groups -OCH3 is 1. The zero-order valence-electron chi connectivity index (χ0n) is 18.9. The van der Waals surface area contributed by atoms with Crippen molar-refractivity contribution in [2.45, 2.75) is 25.5 Å². The fraction of sp³-hybridized carbons (Fsp3) is 0.250. The highest BCUT2D eigenvalue weighted by Crippen LogP contribution is 2.21. The number of hydrogen-bond donors (Lipinski definition) is 3. The summed E-state index contributed by atoms with van der Waals surface area (Å²) >= 11 is 2.81. The van der Waals surface area contributed by atoms with Gasteiger partial charge in [-0.05, 0) is 48.4 Å². The minimum atomic E-state index is -0.147. The lowest BCUT2D eigenvalue weighted by molar-refractivity contribution is -0.116. The quantitative estimate of drug-likeness (QED) is 0.358. The Morgan fingerprint density at radius 2 is 1.62 bits per heavy atom. The summed E-state index contributed by atoms with van der Waals surface area (Å²) in [5.41, 5.74) is 3.21. The summed E-state index contributed by atoms with van der Waals surface area (Å²) in [5.74, 6) is 1.26. The van der Waals surface area contributed by atoms with Crippen LogP contribution >= 0.6 is 23.1 Å². The van der Waals surface area contributed by atoms with Crippen LogP contribution in [0, 0.1) is 0 Å². The van der Waals surface area contributed by atoms with Gasteiger partial charge in [0.15, 0.2) is 5.13 Å². The van der Waals surface area contributed by atoms with Gasteiger partial charge in [0, 0.05) is 35.9 Å². The molecule has 0 unspecified atom stereocenters. The SMILES string of the molecule is COc1ccc(CCC(=O)Nc2nc(CSCC(=O)Nc3ccc(NC(C)=O)cc3)cs2)cc1. The maximum atomic E-state index is 12.2. The predicted octanol–water partition coefficient (Wildman–Crippen LogP) is 4.55. The molecule has 0 saturated carbocycles. The lowest BCUT2D eigenvalue weighted by Crippen LogP contribution is -2.14. The summed E-state index contributed by atoms with van der Waals surface area (Å²) < 4.78 is 5.14. The van der Waals surface area contributed by atoms with Crippen LogP contribution in [-0.4, -0.2) is 35.6 Å². The van der Waals surface area contributed by atoms with E-state index in [2.05, 4.69) is 20.9 Å². The molecule has 0 aliphatic heterocycles. The topological polar surface area (TPSA) is 109 Å². The Balaban J connectivity index is 1.35. The van der Waals surface area contributed by atoms with Crippen LogP contribution in [0.5, 0.6) is 5.75 Å². The number of nitrogens with zero attached hydrogens (tertiary/aromatic N) is 1. The maximum Gasteiger partial charge on any atom is 0.234 e. The first-order valence-corrected chi connectivity index (χ1v) is 12.6. The van der Waals surface area contributed by atoms with Gasteiger partial charge in [-0.3, -0.25) is 14.4 Å². The van der Waals surface area contributed by atoms with Crippen molar-refractivity contribution in [1.82, 2.24) is 4.98 Å². The molecule has 0 saturated heterocycles. The monoisotopic (exact) mass is 498 g/mol. The summed E-state index contributed by atoms with van der Waals surface area (Å²) in [7, 11) is 1.62. The van der Waals surface area contributed by atoms with Crippen molar-refractivity contribution in [3.05, 3.63) is 65.2 Å². The van der Waals surface area contributed by atoms with E-state index in [1.54, 1.807) is 31.4 Å². The molecule has 3 amide bonds. The number of thioether (sulfide) groups is 1. The minimum absolute atomic E-state index is 0.0896. The molecule has 0 aliphatic carbocycles. The predicted molar refractivity (Wildman–Crippen MR) is 138 cm³/mol. The van der Waals surface area contributed by atoms with Crippen LogP contribution in [0.15, 0.2) is 53.9 Å². The lowest BCUT2D eigenvalue weighted by Gasteiger charge is -2.06. The van der Waals surface area contributed by atoms with Crippen molar-refractivity contribution in [3.63, 3.8) is 0 Å². The highest BCUT2D eigenvalue weighted by Gasteiger charge is 2.09. The molecular formula is C24H26N4O4S2. The van der Waals surface area contributed by atoms with Gasteiger partial charge in [-0.15, -0.1) is 23.1 Å². The normalized spacial score (nSPS) is 10.4. The molecular weight excluding hydrogens is 472 g/mol. The van der Waals surface area contributed by atoms with Gasteiger partial charge in [0.05, 0.1) is 18.6 Å². The zero-order valence-corrected chi connectivity index (χ0v) is 20.6. The third-order valence-corrected chi connectivity index (χ3v) is 6.34. The number of ether oxygens (including phenoxy) is 1. The van der Waals surface area contributed by atoms with Gasteiger partial charge in [0.2, 0.25) is 17.7 Å². The van der Waals surface area contributed by atoms with Gasteiger partial charge in [-0.25, -0.2) is 4.98 Å². The first-order chi connectivity index (χ1) is 16.4. The number of rotatable bonds is 11. The van der Waals surface area contributed by atoms with E-state index in [-0.39, 0.29) is 23.5 Å². The van der Waals surface area contributed by atoms with Gasteiger partial charge in [-0.2, -0.15) is 0 Å². The molecule has 1 aromatic heterocycles. The molecule has 0 aliphatic rings. The van der Waals surface area contributed by atoms with Crippen LogP contribution in [0.3, 0.4) is 0 Å². The number of aryl methyl sites for hydroxylation is 1. The standard InChI is InChI=1S/C24H26N4O4S2/c1-16(29)25-18-6-8-19(9-7-18)26-23(31)15-33-13-20-14-34-24(27-20)28-22(30)12-5-17-3-10-21(32-2)11-4-17/h3-4,6-11,14H,5,12-13,15H2,1-2H3,(H,25,29)(H,26,31)(H,27,28,30). The van der Waals surface area contributed by atoms with Crippen LogP contribution < -0.4 is 20.7 Å². The fourth-order valence-corrected chi connectivity index (χ4v) is 4.50. The molecule has 3 N–H and O–H groups in total. The van der Waals surface area contributed by atoms with E-state index in [0.717, 1.165) is 17.0 Å². The van der Waals surface area contributed by atoms with E-state index in [9.17, 15) is 14.4 Å². The number of hydrogen-bond acceptors (Lipinski definition) is 7. The van der Waals surface area contributed by atoms with Crippen LogP contribution in [0.1, 0.15) is 24.6 Å². The molecule has 0 radical (unpaired) electrons. The highest BCUT2D eigenvalue weighted by molar-refractivity contribution is 7.99. The first-order valence-electron chi connectivity index (χ1n) is 10.5. The lowest BCUT2D eigenvalue weighted by atomic mass is 10.1. The van der Waals surface area contributed by atoms with Crippen molar-refractivity contribution in [2.75, 3.05) is 28.8 Å². The molecule has 34 heavy (non-hydrogen) atoms. The number of carbonyl (C=O) groups excluding carboxylic acids is 3. The molecule has 10 heteroatoms. The Bertz CT molecular complexity index is 1110. The van der Waals surface area contributed by atoms with Crippen LogP contribution in [0.2, 0.25) is 0 Å². The zero-order chi connectivity index (χ0) is 24.3. The molecule has 0 bridgehead atoms. The number of benzene rings is 2. The van der Waals surface area contributed by atoms with Gasteiger partial charge in [-0.1, -0.05) is 12.1 Å². The Morgan fingerprint density at radius 1 is 0.941 bits per heavy atom. The van der Waals surface area contributed by atoms with Crippen molar-refractivity contribution < 1.29 is 19.1 Å². The average molecular weight is 499 g/mol. The number of aromatic nitrogens is 1. The van der Waals surface area contributed by atoms with Crippen molar-refractivity contribution in [3.8, 4) is 5.75 Å². The summed E-state index contributed by atoms with van der Waals surface area (Å²) in [4.78, 5) is 39.9. The molecule has 1 heterocycles. The van der Waals surface area contributed by atoms with Gasteiger partial charge >= 0.3 is 0 Å². The van der Waals surface area contributed by atoms with Gasteiger partial charge in [0.1, 0.15) is 5.75 Å². The molecule has 178 valence electrons. The summed E-state index contributed by atoms with van der Waals surface area (Å²) in [6.45, 7) is 1.44. The molecule has 3 aromatic rings. The van der Waals surface area contributed by atoms with E-state index in [1.807, 2.05) is 29.6 Å². The summed E-state index contributed by atoms with van der Waals surface area (Å²) in [6.07, 6.45) is 0.997. The van der Waals surface area contributed by atoms with E-state index in [1.165, 1.54) is 30.0 Å². The molecule has 0 atom stereocenters. The molecule has 0 fully saturated rings. The first kappa shape index (κ1) is 25.3. The van der Waals surface area contributed by atoms with Gasteiger partial charge < -0.3 is 20.7 Å². The van der Waals surface area contributed by atoms with Gasteiger partial charge in [0.25, 0.3) is 0 Å². The van der Waals surface area contributed by atoms with Crippen LogP contribution in [-0.2, 0) is 26.6 Å². The maximum absolute atomic E-state index is 12.2. The average Bonchev–Trinajstić information content (AvgIpc) is 3.26.